The van der Waals surface area contributed by atoms with E-state index in [2.05, 4.69) is 0 Å². The van der Waals surface area contributed by atoms with Crippen LogP contribution in [0.3, 0.4) is 0 Å². The summed E-state index contributed by atoms with van der Waals surface area (Å²) in [6.45, 7) is -0.250. The number of benzene rings is 1. The Labute approximate surface area is 69.6 Å². The van der Waals surface area contributed by atoms with E-state index in [1.54, 1.807) is 24.3 Å². The lowest BCUT2D eigenvalue weighted by atomic mass is 10.2. The quantitative estimate of drug-likeness (QED) is 0.597. The number of hydrogen-bond acceptors (Lipinski definition) is 2. The standard InChI is InChI=1S/C7H7NO.CH2O2/c8-7(9)6-4-2-1-3-5-6;2-1-3/h1-5H,(H2,8,9);1H,(H,2,3). The van der Waals surface area contributed by atoms with Gasteiger partial charge in [-0.15, -0.1) is 0 Å². The van der Waals surface area contributed by atoms with Crippen molar-refractivity contribution in [1.29, 1.82) is 0 Å². The number of primary amides is 1. The maximum absolute atomic E-state index is 10.4. The molecule has 0 spiro atoms. The summed E-state index contributed by atoms with van der Waals surface area (Å²) in [5.41, 5.74) is 5.53. The van der Waals surface area contributed by atoms with E-state index in [1.807, 2.05) is 6.07 Å². The fraction of sp³-hybridized carbons (Fsp3) is 0. The van der Waals surface area contributed by atoms with Gasteiger partial charge < -0.3 is 10.8 Å². The number of rotatable bonds is 1. The molecule has 64 valence electrons. The molecule has 0 fully saturated rings. The van der Waals surface area contributed by atoms with Gasteiger partial charge in [-0.25, -0.2) is 0 Å². The summed E-state index contributed by atoms with van der Waals surface area (Å²) in [6.07, 6.45) is 0. The monoisotopic (exact) mass is 167 g/mol. The first kappa shape index (κ1) is 10.2. The number of carbonyl (C=O) groups is 2. The van der Waals surface area contributed by atoms with Crippen molar-refractivity contribution in [2.24, 2.45) is 5.73 Å². The van der Waals surface area contributed by atoms with Crippen molar-refractivity contribution in [3.63, 3.8) is 0 Å². The largest absolute Gasteiger partial charge is 0.483 e. The predicted molar refractivity (Wildman–Crippen MR) is 43.7 cm³/mol. The lowest BCUT2D eigenvalue weighted by molar-refractivity contribution is -0.122. The number of carbonyl (C=O) groups excluding carboxylic acids is 1. The molecule has 0 unspecified atom stereocenters. The van der Waals surface area contributed by atoms with Gasteiger partial charge in [-0.3, -0.25) is 9.59 Å². The van der Waals surface area contributed by atoms with Crippen LogP contribution in [0.5, 0.6) is 0 Å². The van der Waals surface area contributed by atoms with Gasteiger partial charge in [0.15, 0.2) is 0 Å². The lowest BCUT2D eigenvalue weighted by Gasteiger charge is -1.89. The molecular weight excluding hydrogens is 158 g/mol. The second-order valence-electron chi connectivity index (χ2n) is 1.84. The predicted octanol–water partition coefficient (Wildman–Crippen LogP) is 0.486. The molecule has 0 saturated carbocycles. The third-order valence-corrected chi connectivity index (χ3v) is 1.06. The molecule has 0 aromatic heterocycles. The molecule has 0 bridgehead atoms. The molecule has 0 aliphatic carbocycles. The molecule has 3 N–H and O–H groups in total. The van der Waals surface area contributed by atoms with Gasteiger partial charge in [0.2, 0.25) is 5.91 Å². The van der Waals surface area contributed by atoms with Gasteiger partial charge in [0.1, 0.15) is 0 Å². The van der Waals surface area contributed by atoms with E-state index in [0.29, 0.717) is 5.56 Å². The number of nitrogens with two attached hydrogens (primary N) is 1. The molecule has 0 aliphatic heterocycles. The average molecular weight is 167 g/mol. The molecule has 0 heterocycles. The Hall–Kier alpha value is -1.84. The second kappa shape index (κ2) is 5.91. The number of amides is 1. The second-order valence-corrected chi connectivity index (χ2v) is 1.84. The van der Waals surface area contributed by atoms with E-state index in [0.717, 1.165) is 0 Å². The number of carboxylic acid groups (broad SMARTS) is 1. The molecule has 1 rings (SSSR count). The summed E-state index contributed by atoms with van der Waals surface area (Å²) in [5.74, 6) is -0.379. The molecule has 4 heteroatoms. The highest BCUT2D eigenvalue weighted by Crippen LogP contribution is 1.94. The molecule has 4 nitrogen and oxygen atoms in total. The molecule has 0 saturated heterocycles. The zero-order chi connectivity index (χ0) is 9.40. The summed E-state index contributed by atoms with van der Waals surface area (Å²) >= 11 is 0. The Morgan fingerprint density at radius 1 is 1.33 bits per heavy atom. The Balaban J connectivity index is 0.000000354. The SMILES string of the molecule is NC(=O)c1ccccc1.O=CO. The van der Waals surface area contributed by atoms with Crippen molar-refractivity contribution in [2.45, 2.75) is 0 Å². The van der Waals surface area contributed by atoms with Crippen LogP contribution in [0.2, 0.25) is 0 Å². The van der Waals surface area contributed by atoms with E-state index in [1.165, 1.54) is 0 Å². The first-order valence-corrected chi connectivity index (χ1v) is 3.15. The Kier molecular flexibility index (Phi) is 5.00. The molecule has 12 heavy (non-hydrogen) atoms. The van der Waals surface area contributed by atoms with Gasteiger partial charge in [0.25, 0.3) is 6.47 Å². The lowest BCUT2D eigenvalue weighted by Crippen LogP contribution is -2.09. The van der Waals surface area contributed by atoms with Crippen LogP contribution < -0.4 is 5.73 Å². The molecular formula is C8H9NO3. The highest BCUT2D eigenvalue weighted by atomic mass is 16.3. The zero-order valence-corrected chi connectivity index (χ0v) is 6.31. The van der Waals surface area contributed by atoms with E-state index < -0.39 is 0 Å². The summed E-state index contributed by atoms with van der Waals surface area (Å²) in [5, 5.41) is 6.89. The van der Waals surface area contributed by atoms with Crippen molar-refractivity contribution in [1.82, 2.24) is 0 Å². The summed E-state index contributed by atoms with van der Waals surface area (Å²) in [4.78, 5) is 18.8. The van der Waals surface area contributed by atoms with Gasteiger partial charge in [0, 0.05) is 5.56 Å². The smallest absolute Gasteiger partial charge is 0.290 e. The highest BCUT2D eigenvalue weighted by Gasteiger charge is 1.93. The van der Waals surface area contributed by atoms with Crippen LogP contribution in [-0.4, -0.2) is 17.5 Å². The highest BCUT2D eigenvalue weighted by molar-refractivity contribution is 5.92. The molecule has 0 atom stereocenters. The minimum absolute atomic E-state index is 0.250. The van der Waals surface area contributed by atoms with Crippen molar-refractivity contribution in [3.8, 4) is 0 Å². The van der Waals surface area contributed by atoms with Crippen molar-refractivity contribution < 1.29 is 14.7 Å². The molecule has 1 amide bonds. The van der Waals surface area contributed by atoms with Gasteiger partial charge in [-0.1, -0.05) is 18.2 Å². The summed E-state index contributed by atoms with van der Waals surface area (Å²) in [7, 11) is 0. The van der Waals surface area contributed by atoms with E-state index in [9.17, 15) is 4.79 Å². The van der Waals surface area contributed by atoms with Crippen LogP contribution in [0, 0.1) is 0 Å². The molecule has 1 aromatic rings. The normalized spacial score (nSPS) is 7.67. The Morgan fingerprint density at radius 3 is 2.00 bits per heavy atom. The van der Waals surface area contributed by atoms with E-state index in [4.69, 9.17) is 15.6 Å². The Bertz CT molecular complexity index is 246. The summed E-state index contributed by atoms with van der Waals surface area (Å²) in [6, 6.07) is 8.76. The van der Waals surface area contributed by atoms with E-state index >= 15 is 0 Å². The minimum Gasteiger partial charge on any atom is -0.483 e. The fourth-order valence-electron chi connectivity index (χ4n) is 0.602. The molecule has 0 aliphatic rings. The van der Waals surface area contributed by atoms with Crippen LogP contribution in [0.15, 0.2) is 30.3 Å². The van der Waals surface area contributed by atoms with Crippen LogP contribution in [-0.2, 0) is 4.79 Å². The van der Waals surface area contributed by atoms with E-state index in [-0.39, 0.29) is 12.4 Å². The summed E-state index contributed by atoms with van der Waals surface area (Å²) < 4.78 is 0. The Morgan fingerprint density at radius 2 is 1.75 bits per heavy atom. The first-order valence-electron chi connectivity index (χ1n) is 3.15. The van der Waals surface area contributed by atoms with Crippen molar-refractivity contribution in [2.75, 3.05) is 0 Å². The molecule has 1 aromatic carbocycles. The zero-order valence-electron chi connectivity index (χ0n) is 6.31. The van der Waals surface area contributed by atoms with Gasteiger partial charge in [-0.05, 0) is 12.1 Å². The van der Waals surface area contributed by atoms with Gasteiger partial charge >= 0.3 is 0 Å². The van der Waals surface area contributed by atoms with Crippen LogP contribution >= 0.6 is 0 Å². The third kappa shape index (κ3) is 4.05. The fourth-order valence-corrected chi connectivity index (χ4v) is 0.602. The average Bonchev–Trinajstić information content (AvgIpc) is 2.07. The number of hydrogen-bond donors (Lipinski definition) is 2. The van der Waals surface area contributed by atoms with Crippen LogP contribution in [0.4, 0.5) is 0 Å². The third-order valence-electron chi connectivity index (χ3n) is 1.06. The maximum atomic E-state index is 10.4. The van der Waals surface area contributed by atoms with Crippen LogP contribution in [0.1, 0.15) is 10.4 Å². The van der Waals surface area contributed by atoms with Crippen molar-refractivity contribution in [3.05, 3.63) is 35.9 Å². The van der Waals surface area contributed by atoms with Gasteiger partial charge in [0.05, 0.1) is 0 Å². The first-order chi connectivity index (χ1) is 5.72. The van der Waals surface area contributed by atoms with Crippen LogP contribution in [0.25, 0.3) is 0 Å². The molecule has 0 radical (unpaired) electrons. The maximum Gasteiger partial charge on any atom is 0.290 e. The topological polar surface area (TPSA) is 80.4 Å². The van der Waals surface area contributed by atoms with Crippen molar-refractivity contribution >= 4 is 12.4 Å². The van der Waals surface area contributed by atoms with Gasteiger partial charge in [-0.2, -0.15) is 0 Å². The minimum atomic E-state index is -0.379.